The van der Waals surface area contributed by atoms with Crippen LogP contribution in [0.2, 0.25) is 0 Å². The monoisotopic (exact) mass is 275 g/mol. The van der Waals surface area contributed by atoms with Gasteiger partial charge in [0.15, 0.2) is 5.72 Å². The predicted molar refractivity (Wildman–Crippen MR) is 51.8 cm³/mol. The van der Waals surface area contributed by atoms with E-state index >= 15 is 0 Å². The fraction of sp³-hybridized carbons (Fsp3) is 0.0909. The summed E-state index contributed by atoms with van der Waals surface area (Å²) in [7, 11) is 0. The summed E-state index contributed by atoms with van der Waals surface area (Å²) in [6.07, 6.45) is 7.12. The largest absolute Gasteiger partial charge is 3.00 e. The molecule has 1 heterocycles. The maximum Gasteiger partial charge on any atom is 3.00 e. The summed E-state index contributed by atoms with van der Waals surface area (Å²) < 4.78 is 0. The van der Waals surface area contributed by atoms with E-state index in [0.29, 0.717) is 0 Å². The van der Waals surface area contributed by atoms with Crippen LogP contribution < -0.4 is 5.32 Å². The zero-order valence-corrected chi connectivity index (χ0v) is 9.24. The summed E-state index contributed by atoms with van der Waals surface area (Å²) >= 11 is 0. The maximum atomic E-state index is 10.1. The molecule has 0 bridgehead atoms. The Bertz CT molecular complexity index is 348. The van der Waals surface area contributed by atoms with E-state index in [0.717, 1.165) is 5.56 Å². The second-order valence-electron chi connectivity index (χ2n) is 2.99. The van der Waals surface area contributed by atoms with Crippen molar-refractivity contribution in [1.82, 2.24) is 5.32 Å². The van der Waals surface area contributed by atoms with Gasteiger partial charge in [0.25, 0.3) is 0 Å². The van der Waals surface area contributed by atoms with E-state index < -0.39 is 5.72 Å². The van der Waals surface area contributed by atoms with Gasteiger partial charge in [0.1, 0.15) is 0 Å². The smallest absolute Gasteiger partial charge is 0.364 e. The Morgan fingerprint density at radius 2 is 1.79 bits per heavy atom. The van der Waals surface area contributed by atoms with Gasteiger partial charge in [0.05, 0.1) is 0 Å². The number of hydrogen-bond donors (Lipinski definition) is 2. The van der Waals surface area contributed by atoms with Crippen LogP contribution in [-0.2, 0) is 25.2 Å². The standard InChI is InChI=1S/C11H11NO.Ru/c13-11(8-4-5-9-12-11)10-6-2-1-3-7-10;/h1-9,12-13H;/q;+3. The Balaban J connectivity index is 0.000000980. The van der Waals surface area contributed by atoms with Crippen molar-refractivity contribution < 1.29 is 24.6 Å². The zero-order valence-electron chi connectivity index (χ0n) is 7.50. The normalized spacial score (nSPS) is 23.8. The molecule has 0 aromatic heterocycles. The SMILES string of the molecule is OC1(c2ccccc2)C=CC=CN1.[Ru+3]. The first kappa shape index (κ1) is 11.2. The molecule has 2 nitrogen and oxygen atoms in total. The molecule has 0 saturated heterocycles. The summed E-state index contributed by atoms with van der Waals surface area (Å²) in [5.41, 5.74) is -0.202. The molecule has 0 aliphatic carbocycles. The van der Waals surface area contributed by atoms with E-state index in [1.54, 1.807) is 12.3 Å². The number of hydrogen-bond acceptors (Lipinski definition) is 2. The number of benzene rings is 1. The molecule has 71 valence electrons. The van der Waals surface area contributed by atoms with Crippen LogP contribution in [0, 0.1) is 0 Å². The number of aliphatic hydroxyl groups is 1. The Morgan fingerprint density at radius 3 is 2.36 bits per heavy atom. The first-order valence-corrected chi connectivity index (χ1v) is 4.21. The second kappa shape index (κ2) is 4.54. The first-order chi connectivity index (χ1) is 6.31. The molecular formula is C11H11NORu+3. The third kappa shape index (κ3) is 2.11. The van der Waals surface area contributed by atoms with Gasteiger partial charge < -0.3 is 10.4 Å². The van der Waals surface area contributed by atoms with Crippen molar-refractivity contribution in [3.8, 4) is 0 Å². The summed E-state index contributed by atoms with van der Waals surface area (Å²) in [6, 6.07) is 9.50. The van der Waals surface area contributed by atoms with Crippen molar-refractivity contribution >= 4 is 0 Å². The summed E-state index contributed by atoms with van der Waals surface area (Å²) in [6.45, 7) is 0. The van der Waals surface area contributed by atoms with Gasteiger partial charge in [-0.15, -0.1) is 0 Å². The first-order valence-electron chi connectivity index (χ1n) is 4.21. The van der Waals surface area contributed by atoms with Crippen LogP contribution >= 0.6 is 0 Å². The van der Waals surface area contributed by atoms with E-state index in [2.05, 4.69) is 5.32 Å². The molecule has 1 aromatic rings. The van der Waals surface area contributed by atoms with Gasteiger partial charge in [-0.25, -0.2) is 0 Å². The van der Waals surface area contributed by atoms with Crippen molar-refractivity contribution in [3.63, 3.8) is 0 Å². The van der Waals surface area contributed by atoms with E-state index in [9.17, 15) is 5.11 Å². The minimum absolute atomic E-state index is 0. The molecule has 14 heavy (non-hydrogen) atoms. The predicted octanol–water partition coefficient (Wildman–Crippen LogP) is 1.50. The van der Waals surface area contributed by atoms with Crippen LogP contribution in [0.15, 0.2) is 54.8 Å². The van der Waals surface area contributed by atoms with E-state index in [1.807, 2.05) is 42.5 Å². The Hall–Kier alpha value is -0.917. The van der Waals surface area contributed by atoms with Crippen LogP contribution in [0.25, 0.3) is 0 Å². The van der Waals surface area contributed by atoms with Crippen molar-refractivity contribution in [2.24, 2.45) is 0 Å². The summed E-state index contributed by atoms with van der Waals surface area (Å²) in [4.78, 5) is 0. The molecule has 1 unspecified atom stereocenters. The third-order valence-corrected chi connectivity index (χ3v) is 2.06. The zero-order chi connectivity index (χ0) is 9.15. The molecule has 1 radical (unpaired) electrons. The Labute approximate surface area is 96.1 Å². The average Bonchev–Trinajstić information content (AvgIpc) is 2.20. The van der Waals surface area contributed by atoms with Crippen molar-refractivity contribution in [2.45, 2.75) is 5.72 Å². The van der Waals surface area contributed by atoms with Crippen LogP contribution in [0.3, 0.4) is 0 Å². The number of allylic oxidation sites excluding steroid dienone is 2. The van der Waals surface area contributed by atoms with Gasteiger partial charge in [-0.1, -0.05) is 36.4 Å². The van der Waals surface area contributed by atoms with E-state index in [4.69, 9.17) is 0 Å². The molecule has 3 heteroatoms. The van der Waals surface area contributed by atoms with Crippen LogP contribution in [0.1, 0.15) is 5.56 Å². The Kier molecular flexibility index (Phi) is 3.62. The Morgan fingerprint density at radius 1 is 1.07 bits per heavy atom. The fourth-order valence-corrected chi connectivity index (χ4v) is 1.35. The summed E-state index contributed by atoms with van der Waals surface area (Å²) in [5.74, 6) is 0. The van der Waals surface area contributed by atoms with Crippen molar-refractivity contribution in [3.05, 3.63) is 60.3 Å². The molecule has 0 amide bonds. The van der Waals surface area contributed by atoms with Gasteiger partial charge in [0.2, 0.25) is 0 Å². The molecule has 0 fully saturated rings. The van der Waals surface area contributed by atoms with Gasteiger partial charge >= 0.3 is 19.5 Å². The number of nitrogens with one attached hydrogen (secondary N) is 1. The fourth-order valence-electron chi connectivity index (χ4n) is 1.35. The average molecular weight is 274 g/mol. The topological polar surface area (TPSA) is 32.3 Å². The molecular weight excluding hydrogens is 263 g/mol. The van der Waals surface area contributed by atoms with Crippen LogP contribution in [-0.4, -0.2) is 5.11 Å². The number of rotatable bonds is 1. The van der Waals surface area contributed by atoms with Gasteiger partial charge in [-0.3, -0.25) is 0 Å². The van der Waals surface area contributed by atoms with Crippen molar-refractivity contribution in [1.29, 1.82) is 0 Å². The molecule has 1 atom stereocenters. The third-order valence-electron chi connectivity index (χ3n) is 2.06. The molecule has 1 aliphatic heterocycles. The number of dihydropyridines is 1. The molecule has 2 N–H and O–H groups in total. The van der Waals surface area contributed by atoms with Crippen LogP contribution in [0.4, 0.5) is 0 Å². The quantitative estimate of drug-likeness (QED) is 0.761. The molecule has 2 rings (SSSR count). The van der Waals surface area contributed by atoms with E-state index in [1.165, 1.54) is 0 Å². The minimum atomic E-state index is -1.05. The van der Waals surface area contributed by atoms with E-state index in [-0.39, 0.29) is 19.5 Å². The van der Waals surface area contributed by atoms with Crippen LogP contribution in [0.5, 0.6) is 0 Å². The van der Waals surface area contributed by atoms with Crippen molar-refractivity contribution in [2.75, 3.05) is 0 Å². The summed E-state index contributed by atoms with van der Waals surface area (Å²) in [5, 5.41) is 13.0. The molecule has 0 spiro atoms. The molecule has 1 aromatic carbocycles. The minimum Gasteiger partial charge on any atom is -0.364 e. The van der Waals surface area contributed by atoms with Gasteiger partial charge in [0, 0.05) is 5.56 Å². The van der Waals surface area contributed by atoms with Gasteiger partial charge in [-0.05, 0) is 18.4 Å². The van der Waals surface area contributed by atoms with Gasteiger partial charge in [-0.2, -0.15) is 0 Å². The second-order valence-corrected chi connectivity index (χ2v) is 2.99. The molecule has 0 saturated carbocycles. The maximum absolute atomic E-state index is 10.1. The molecule has 1 aliphatic rings.